The van der Waals surface area contributed by atoms with Crippen LogP contribution in [0.5, 0.6) is 0 Å². The van der Waals surface area contributed by atoms with Gasteiger partial charge < -0.3 is 19.6 Å². The highest BCUT2D eigenvalue weighted by molar-refractivity contribution is 7.99. The fourth-order valence-corrected chi connectivity index (χ4v) is 6.68. The summed E-state index contributed by atoms with van der Waals surface area (Å²) >= 11 is 14.6. The first-order valence-corrected chi connectivity index (χ1v) is 16.4. The minimum Gasteiger partial charge on any atom is -0.511 e. The number of nitrogens with zero attached hydrogens (tertiary/aromatic N) is 2. The summed E-state index contributed by atoms with van der Waals surface area (Å²) in [6.07, 6.45) is 4.09. The van der Waals surface area contributed by atoms with Gasteiger partial charge in [0.05, 0.1) is 29.6 Å². The van der Waals surface area contributed by atoms with Crippen LogP contribution >= 0.6 is 46.3 Å². The first-order valence-electron chi connectivity index (χ1n) is 13.5. The third-order valence-corrected chi connectivity index (χ3v) is 8.81. The molecule has 1 amide bonds. The summed E-state index contributed by atoms with van der Waals surface area (Å²) < 4.78 is 5.12. The van der Waals surface area contributed by atoms with Gasteiger partial charge >= 0.3 is 0 Å². The molecule has 0 fully saturated rings. The van der Waals surface area contributed by atoms with Crippen molar-refractivity contribution in [1.29, 1.82) is 0 Å². The molecule has 0 spiro atoms. The number of thioether (sulfide) groups is 1. The summed E-state index contributed by atoms with van der Waals surface area (Å²) in [5.41, 5.74) is 4.28. The number of hydrogen-bond acceptors (Lipinski definition) is 8. The lowest BCUT2D eigenvalue weighted by Gasteiger charge is -2.29. The molecular weight excluding hydrogens is 591 g/mol. The van der Waals surface area contributed by atoms with Crippen LogP contribution < -0.4 is 4.90 Å². The van der Waals surface area contributed by atoms with E-state index in [0.29, 0.717) is 42.4 Å². The zero-order valence-electron chi connectivity index (χ0n) is 24.7. The standard InChI is InChI=1S/C17H26ClNO3S.C12H18ClNO2S/c1-4-14(19-22-8-6-7-18)17-15(20)10-13(11-16(17)21)9-12(3)23-5-2;1-8-7-17-10(3)12(8)14(11(15)5-13)9(2)6-16-4/h6-7,12-13,20H,4-5,8-11H2,1-3H3;7,9H,5-6H2,1-4H3/b7-6+,19-14+;. The van der Waals surface area contributed by atoms with Crippen molar-refractivity contribution in [2.45, 2.75) is 78.5 Å². The number of oxime groups is 1. The molecule has 7 nitrogen and oxygen atoms in total. The second kappa shape index (κ2) is 19.6. The Bertz CT molecular complexity index is 1020. The predicted molar refractivity (Wildman–Crippen MR) is 172 cm³/mol. The summed E-state index contributed by atoms with van der Waals surface area (Å²) in [6.45, 7) is 12.9. The van der Waals surface area contributed by atoms with Crippen molar-refractivity contribution >= 4 is 69.4 Å². The minimum atomic E-state index is -0.0826. The molecule has 1 aliphatic carbocycles. The van der Waals surface area contributed by atoms with Gasteiger partial charge in [-0.15, -0.1) is 22.9 Å². The summed E-state index contributed by atoms with van der Waals surface area (Å²) in [6, 6.07) is -0.0155. The number of anilines is 1. The van der Waals surface area contributed by atoms with Gasteiger partial charge in [-0.05, 0) is 62.3 Å². The maximum Gasteiger partial charge on any atom is 0.242 e. The second-order valence-corrected chi connectivity index (χ2v) is 12.9. The van der Waals surface area contributed by atoms with Crippen LogP contribution in [0.2, 0.25) is 0 Å². The van der Waals surface area contributed by atoms with E-state index in [1.165, 1.54) is 5.54 Å². The molecule has 1 aromatic heterocycles. The van der Waals surface area contributed by atoms with Crippen molar-refractivity contribution < 1.29 is 24.3 Å². The molecule has 0 aromatic carbocycles. The van der Waals surface area contributed by atoms with E-state index in [-0.39, 0.29) is 41.9 Å². The number of aryl methyl sites for hydroxylation is 2. The van der Waals surface area contributed by atoms with Crippen LogP contribution in [0.15, 0.2) is 33.5 Å². The highest BCUT2D eigenvalue weighted by Gasteiger charge is 2.31. The third-order valence-electron chi connectivity index (χ3n) is 6.29. The highest BCUT2D eigenvalue weighted by Crippen LogP contribution is 2.33. The lowest BCUT2D eigenvalue weighted by molar-refractivity contribution is -0.117. The van der Waals surface area contributed by atoms with Crippen LogP contribution in [-0.2, 0) is 19.2 Å². The topological polar surface area (TPSA) is 88.4 Å². The number of halogens is 2. The number of amides is 1. The zero-order valence-corrected chi connectivity index (χ0v) is 27.8. The number of carbonyl (C=O) groups is 2. The molecule has 3 unspecified atom stereocenters. The molecule has 1 heterocycles. The van der Waals surface area contributed by atoms with E-state index < -0.39 is 0 Å². The maximum atomic E-state index is 12.4. The van der Waals surface area contributed by atoms with Gasteiger partial charge in [0.15, 0.2) is 5.78 Å². The van der Waals surface area contributed by atoms with Crippen molar-refractivity contribution in [2.75, 3.05) is 36.9 Å². The zero-order chi connectivity index (χ0) is 30.2. The van der Waals surface area contributed by atoms with Crippen molar-refractivity contribution in [1.82, 2.24) is 0 Å². The van der Waals surface area contributed by atoms with Crippen LogP contribution in [0.25, 0.3) is 0 Å². The molecule has 40 heavy (non-hydrogen) atoms. The number of aliphatic hydroxyl groups is 1. The first-order chi connectivity index (χ1) is 19.1. The molecule has 1 aromatic rings. The van der Waals surface area contributed by atoms with Crippen molar-refractivity contribution in [3.8, 4) is 0 Å². The van der Waals surface area contributed by atoms with Gasteiger partial charge in [0, 0.05) is 35.6 Å². The SMILES string of the molecule is CCSC(C)CC1CC(=O)C(/C(CC)=N/OC/C=C/Cl)=C(O)C1.COCC(C)N(C(=O)CCl)c1c(C)csc1C. The lowest BCUT2D eigenvalue weighted by Crippen LogP contribution is -2.42. The number of hydrogen-bond donors (Lipinski definition) is 1. The lowest BCUT2D eigenvalue weighted by atomic mass is 9.82. The number of carbonyl (C=O) groups excluding carboxylic acids is 2. The first kappa shape index (κ1) is 36.5. The Morgan fingerprint density at radius 3 is 2.52 bits per heavy atom. The smallest absolute Gasteiger partial charge is 0.242 e. The molecule has 0 saturated carbocycles. The molecule has 226 valence electrons. The van der Waals surface area contributed by atoms with Gasteiger partial charge in [0.1, 0.15) is 18.2 Å². The Morgan fingerprint density at radius 1 is 1.32 bits per heavy atom. The van der Waals surface area contributed by atoms with Gasteiger partial charge in [-0.1, -0.05) is 37.5 Å². The fourth-order valence-electron chi connectivity index (χ4n) is 4.67. The van der Waals surface area contributed by atoms with E-state index in [9.17, 15) is 14.7 Å². The summed E-state index contributed by atoms with van der Waals surface area (Å²) in [5.74, 6) is 1.29. The molecular formula is C29H44Cl2N2O5S2. The molecule has 11 heteroatoms. The number of allylic oxidation sites excluding steroid dienone is 2. The molecule has 1 aliphatic rings. The van der Waals surface area contributed by atoms with Crippen molar-refractivity contribution in [3.63, 3.8) is 0 Å². The number of ketones is 1. The van der Waals surface area contributed by atoms with E-state index in [0.717, 1.165) is 28.3 Å². The van der Waals surface area contributed by atoms with E-state index in [1.54, 1.807) is 29.4 Å². The van der Waals surface area contributed by atoms with Crippen molar-refractivity contribution in [2.24, 2.45) is 11.1 Å². The normalized spacial score (nSPS) is 17.5. The van der Waals surface area contributed by atoms with Crippen LogP contribution in [0.4, 0.5) is 5.69 Å². The number of thiophene rings is 1. The summed E-state index contributed by atoms with van der Waals surface area (Å²) in [4.78, 5) is 32.4. The van der Waals surface area contributed by atoms with Gasteiger partial charge in [-0.3, -0.25) is 9.59 Å². The Balaban J connectivity index is 0.000000418. The van der Waals surface area contributed by atoms with E-state index in [1.807, 2.05) is 39.5 Å². The number of ether oxygens (including phenoxy) is 1. The largest absolute Gasteiger partial charge is 0.511 e. The molecule has 0 saturated heterocycles. The van der Waals surface area contributed by atoms with E-state index in [2.05, 4.69) is 24.4 Å². The molecule has 2 rings (SSSR count). The number of rotatable bonds is 14. The van der Waals surface area contributed by atoms with Gasteiger partial charge in [0.25, 0.3) is 0 Å². The molecule has 3 atom stereocenters. The Hall–Kier alpha value is -1.52. The molecule has 0 radical (unpaired) electrons. The van der Waals surface area contributed by atoms with Gasteiger partial charge in [-0.25, -0.2) is 0 Å². The predicted octanol–water partition coefficient (Wildman–Crippen LogP) is 7.82. The minimum absolute atomic E-state index is 0.0111. The number of methoxy groups -OCH3 is 1. The Morgan fingerprint density at radius 2 is 2.02 bits per heavy atom. The van der Waals surface area contributed by atoms with E-state index in [4.69, 9.17) is 32.8 Å². The number of alkyl halides is 1. The average Bonchev–Trinajstić information content (AvgIpc) is 3.23. The van der Waals surface area contributed by atoms with Crippen molar-refractivity contribution in [3.05, 3.63) is 38.8 Å². The summed E-state index contributed by atoms with van der Waals surface area (Å²) in [7, 11) is 1.63. The third kappa shape index (κ3) is 11.4. The number of aliphatic hydroxyl groups excluding tert-OH is 1. The van der Waals surface area contributed by atoms with Crippen LogP contribution in [-0.4, -0.2) is 65.8 Å². The second-order valence-electron chi connectivity index (χ2n) is 9.60. The highest BCUT2D eigenvalue weighted by atomic mass is 35.5. The number of Topliss-reactive ketones (excluding diaryl/α,β-unsaturated/α-hetero) is 1. The van der Waals surface area contributed by atoms with E-state index >= 15 is 0 Å². The molecule has 1 N–H and O–H groups in total. The maximum absolute atomic E-state index is 12.4. The van der Waals surface area contributed by atoms with Gasteiger partial charge in [0.2, 0.25) is 5.91 Å². The Kier molecular flexibility index (Phi) is 17.9. The monoisotopic (exact) mass is 634 g/mol. The van der Waals surface area contributed by atoms with Crippen LogP contribution in [0.1, 0.15) is 63.8 Å². The van der Waals surface area contributed by atoms with Crippen LogP contribution in [0, 0.1) is 19.8 Å². The fraction of sp³-hybridized carbons (Fsp3) is 0.621. The van der Waals surface area contributed by atoms with Gasteiger partial charge in [-0.2, -0.15) is 11.8 Å². The summed E-state index contributed by atoms with van der Waals surface area (Å²) in [5, 5.41) is 16.9. The van der Waals surface area contributed by atoms with Crippen LogP contribution in [0.3, 0.4) is 0 Å². The average molecular weight is 636 g/mol. The molecule has 0 bridgehead atoms. The quantitative estimate of drug-likeness (QED) is 0.0971. The Labute approximate surface area is 257 Å². The molecule has 0 aliphatic heterocycles.